The molecule has 0 bridgehead atoms. The molecule has 7 heteroatoms. The van der Waals surface area contributed by atoms with Gasteiger partial charge in [0.2, 0.25) is 6.79 Å². The number of hydrogen-bond acceptors (Lipinski definition) is 5. The SMILES string of the molecule is Cn1c(=O)c(C(=O)Nc2ccc3c(c2)OCO3)cc2cccnc21. The molecule has 7 nitrogen and oxygen atoms in total. The van der Waals surface area contributed by atoms with Gasteiger partial charge < -0.3 is 14.8 Å². The second-order valence-electron chi connectivity index (χ2n) is 5.36. The minimum absolute atomic E-state index is 0.0515. The van der Waals surface area contributed by atoms with Crippen molar-refractivity contribution < 1.29 is 14.3 Å². The van der Waals surface area contributed by atoms with Gasteiger partial charge in [0.25, 0.3) is 11.5 Å². The third-order valence-corrected chi connectivity index (χ3v) is 3.84. The highest BCUT2D eigenvalue weighted by Crippen LogP contribution is 2.34. The van der Waals surface area contributed by atoms with Gasteiger partial charge in [-0.25, -0.2) is 4.98 Å². The molecule has 4 rings (SSSR count). The molecule has 2 aromatic heterocycles. The van der Waals surface area contributed by atoms with Gasteiger partial charge in [-0.15, -0.1) is 0 Å². The molecular formula is C17H13N3O4. The number of nitrogens with one attached hydrogen (secondary N) is 1. The topological polar surface area (TPSA) is 82.5 Å². The van der Waals surface area contributed by atoms with Crippen molar-refractivity contribution in [2.24, 2.45) is 7.05 Å². The number of aromatic nitrogens is 2. The van der Waals surface area contributed by atoms with E-state index in [4.69, 9.17) is 9.47 Å². The number of nitrogens with zero attached hydrogens (tertiary/aromatic N) is 2. The largest absolute Gasteiger partial charge is 0.454 e. The normalized spacial score (nSPS) is 12.4. The van der Waals surface area contributed by atoms with Crippen molar-refractivity contribution >= 4 is 22.6 Å². The van der Waals surface area contributed by atoms with Crippen molar-refractivity contribution in [3.05, 3.63) is 58.5 Å². The van der Waals surface area contributed by atoms with Crippen LogP contribution in [0.2, 0.25) is 0 Å². The average Bonchev–Trinajstić information content (AvgIpc) is 3.05. The number of aryl methyl sites for hydroxylation is 1. The molecule has 1 amide bonds. The highest BCUT2D eigenvalue weighted by atomic mass is 16.7. The quantitative estimate of drug-likeness (QED) is 0.779. The molecule has 3 aromatic rings. The molecule has 0 unspecified atom stereocenters. The number of carbonyl (C=O) groups is 1. The van der Waals surface area contributed by atoms with Crippen LogP contribution >= 0.6 is 0 Å². The zero-order chi connectivity index (χ0) is 16.7. The van der Waals surface area contributed by atoms with E-state index in [1.54, 1.807) is 49.6 Å². The Balaban J connectivity index is 1.71. The summed E-state index contributed by atoms with van der Waals surface area (Å²) in [5.74, 6) is 0.698. The standard InChI is InChI=1S/C17H13N3O4/c1-20-15-10(3-2-6-18-15)7-12(17(20)22)16(21)19-11-4-5-13-14(8-11)24-9-23-13/h2-8H,9H2,1H3,(H,19,21). The van der Waals surface area contributed by atoms with E-state index in [-0.39, 0.29) is 12.4 Å². The Kier molecular flexibility index (Phi) is 3.19. The Morgan fingerprint density at radius 1 is 1.21 bits per heavy atom. The number of rotatable bonds is 2. The number of amides is 1. The van der Waals surface area contributed by atoms with E-state index in [0.717, 1.165) is 5.39 Å². The van der Waals surface area contributed by atoms with Gasteiger partial charge in [0.15, 0.2) is 11.5 Å². The predicted molar refractivity (Wildman–Crippen MR) is 87.5 cm³/mol. The maximum atomic E-state index is 12.5. The molecule has 1 N–H and O–H groups in total. The molecule has 0 saturated heterocycles. The van der Waals surface area contributed by atoms with Crippen molar-refractivity contribution in [2.45, 2.75) is 0 Å². The molecule has 3 heterocycles. The second kappa shape index (κ2) is 5.38. The van der Waals surface area contributed by atoms with E-state index >= 15 is 0 Å². The number of ether oxygens (including phenoxy) is 2. The summed E-state index contributed by atoms with van der Waals surface area (Å²) in [7, 11) is 1.59. The molecule has 0 saturated carbocycles. The van der Waals surface area contributed by atoms with Crippen molar-refractivity contribution in [3.63, 3.8) is 0 Å². The maximum Gasteiger partial charge on any atom is 0.264 e. The Labute approximate surface area is 136 Å². The third-order valence-electron chi connectivity index (χ3n) is 3.84. The first-order valence-electron chi connectivity index (χ1n) is 7.29. The van der Waals surface area contributed by atoms with Crippen LogP contribution in [0.25, 0.3) is 11.0 Å². The lowest BCUT2D eigenvalue weighted by Gasteiger charge is -2.09. The minimum Gasteiger partial charge on any atom is -0.454 e. The molecule has 0 fully saturated rings. The summed E-state index contributed by atoms with van der Waals surface area (Å²) in [6.45, 7) is 0.158. The number of benzene rings is 1. The summed E-state index contributed by atoms with van der Waals surface area (Å²) < 4.78 is 11.9. The first-order valence-corrected chi connectivity index (χ1v) is 7.29. The summed E-state index contributed by atoms with van der Waals surface area (Å²) >= 11 is 0. The Bertz CT molecular complexity index is 1030. The third kappa shape index (κ3) is 2.26. The van der Waals surface area contributed by atoms with Crippen molar-refractivity contribution in [3.8, 4) is 11.5 Å². The summed E-state index contributed by atoms with van der Waals surface area (Å²) in [6.07, 6.45) is 1.61. The lowest BCUT2D eigenvalue weighted by atomic mass is 10.2. The lowest BCUT2D eigenvalue weighted by molar-refractivity contribution is 0.102. The predicted octanol–water partition coefficient (Wildman–Crippen LogP) is 1.91. The van der Waals surface area contributed by atoms with Crippen molar-refractivity contribution in [1.29, 1.82) is 0 Å². The molecule has 0 spiro atoms. The van der Waals surface area contributed by atoms with E-state index < -0.39 is 11.5 Å². The van der Waals surface area contributed by atoms with Gasteiger partial charge in [0.1, 0.15) is 11.2 Å². The Hall–Kier alpha value is -3.35. The molecular weight excluding hydrogens is 310 g/mol. The van der Waals surface area contributed by atoms with Crippen LogP contribution in [0.4, 0.5) is 5.69 Å². The van der Waals surface area contributed by atoms with E-state index in [1.807, 2.05) is 0 Å². The first kappa shape index (κ1) is 14.3. The van der Waals surface area contributed by atoms with Crippen LogP contribution < -0.4 is 20.3 Å². The highest BCUT2D eigenvalue weighted by molar-refractivity contribution is 6.05. The van der Waals surface area contributed by atoms with E-state index in [0.29, 0.717) is 22.8 Å². The Morgan fingerprint density at radius 2 is 2.04 bits per heavy atom. The second-order valence-corrected chi connectivity index (χ2v) is 5.36. The fraction of sp³-hybridized carbons (Fsp3) is 0.118. The van der Waals surface area contributed by atoms with Gasteiger partial charge in [-0.2, -0.15) is 0 Å². The van der Waals surface area contributed by atoms with Crippen LogP contribution in [0.3, 0.4) is 0 Å². The van der Waals surface area contributed by atoms with Gasteiger partial charge in [-0.05, 0) is 30.3 Å². The van der Waals surface area contributed by atoms with Crippen LogP contribution in [0.1, 0.15) is 10.4 Å². The van der Waals surface area contributed by atoms with Gasteiger partial charge >= 0.3 is 0 Å². The van der Waals surface area contributed by atoms with Gasteiger partial charge in [-0.3, -0.25) is 14.2 Å². The van der Waals surface area contributed by atoms with E-state index in [1.165, 1.54) is 4.57 Å². The minimum atomic E-state index is -0.486. The average molecular weight is 323 g/mol. The zero-order valence-electron chi connectivity index (χ0n) is 12.8. The molecule has 120 valence electrons. The van der Waals surface area contributed by atoms with Crippen LogP contribution in [0, 0.1) is 0 Å². The van der Waals surface area contributed by atoms with Gasteiger partial charge in [-0.1, -0.05) is 0 Å². The molecule has 24 heavy (non-hydrogen) atoms. The van der Waals surface area contributed by atoms with Crippen LogP contribution in [0.5, 0.6) is 11.5 Å². The monoisotopic (exact) mass is 323 g/mol. The summed E-state index contributed by atoms with van der Waals surface area (Å²) in [4.78, 5) is 29.1. The number of anilines is 1. The van der Waals surface area contributed by atoms with Crippen molar-refractivity contribution in [2.75, 3.05) is 12.1 Å². The molecule has 0 atom stereocenters. The van der Waals surface area contributed by atoms with Gasteiger partial charge in [0, 0.05) is 30.4 Å². The van der Waals surface area contributed by atoms with Crippen molar-refractivity contribution in [1.82, 2.24) is 9.55 Å². The Morgan fingerprint density at radius 3 is 2.92 bits per heavy atom. The number of pyridine rings is 2. The first-order chi connectivity index (χ1) is 11.6. The fourth-order valence-electron chi connectivity index (χ4n) is 2.63. The van der Waals surface area contributed by atoms with E-state index in [2.05, 4.69) is 10.3 Å². The smallest absolute Gasteiger partial charge is 0.264 e. The van der Waals surface area contributed by atoms with Crippen LogP contribution in [-0.2, 0) is 7.05 Å². The van der Waals surface area contributed by atoms with Gasteiger partial charge in [0.05, 0.1) is 0 Å². The molecule has 1 aromatic carbocycles. The fourth-order valence-corrected chi connectivity index (χ4v) is 2.63. The van der Waals surface area contributed by atoms with E-state index in [9.17, 15) is 9.59 Å². The molecule has 1 aliphatic heterocycles. The molecule has 0 radical (unpaired) electrons. The summed E-state index contributed by atoms with van der Waals surface area (Å²) in [5, 5.41) is 3.43. The number of hydrogen-bond donors (Lipinski definition) is 1. The molecule has 1 aliphatic rings. The van der Waals surface area contributed by atoms with Crippen LogP contribution in [0.15, 0.2) is 47.4 Å². The number of carbonyl (C=O) groups excluding carboxylic acids is 1. The highest BCUT2D eigenvalue weighted by Gasteiger charge is 2.17. The lowest BCUT2D eigenvalue weighted by Crippen LogP contribution is -2.28. The number of fused-ring (bicyclic) bond motifs is 2. The molecule has 0 aliphatic carbocycles. The maximum absolute atomic E-state index is 12.5. The summed E-state index contributed by atoms with van der Waals surface area (Å²) in [5.41, 5.74) is 0.704. The van der Waals surface area contributed by atoms with Crippen LogP contribution in [-0.4, -0.2) is 22.3 Å². The summed E-state index contributed by atoms with van der Waals surface area (Å²) in [6, 6.07) is 10.2. The zero-order valence-corrected chi connectivity index (χ0v) is 12.8.